The van der Waals surface area contributed by atoms with Crippen LogP contribution in [0.5, 0.6) is 0 Å². The van der Waals surface area contributed by atoms with E-state index in [1.54, 1.807) is 34.9 Å². The van der Waals surface area contributed by atoms with E-state index < -0.39 is 0 Å². The summed E-state index contributed by atoms with van der Waals surface area (Å²) in [6.07, 6.45) is 4.89. The molecule has 1 saturated carbocycles. The second-order valence-electron chi connectivity index (χ2n) is 5.01. The van der Waals surface area contributed by atoms with Gasteiger partial charge in [0, 0.05) is 11.3 Å². The molecule has 1 N–H and O–H groups in total. The lowest BCUT2D eigenvalue weighted by Crippen LogP contribution is -2.45. The van der Waals surface area contributed by atoms with Gasteiger partial charge in [0.25, 0.3) is 0 Å². The Morgan fingerprint density at radius 1 is 1.47 bits per heavy atom. The number of thioether (sulfide) groups is 2. The molecular weight excluding hydrogens is 296 g/mol. The third kappa shape index (κ3) is 3.85. The lowest BCUT2D eigenvalue weighted by atomic mass is 9.99. The van der Waals surface area contributed by atoms with E-state index >= 15 is 0 Å². The number of aromatic nitrogens is 2. The molecule has 1 aromatic heterocycles. The Morgan fingerprint density at radius 3 is 2.79 bits per heavy atom. The first kappa shape index (κ1) is 15.1. The standard InChI is InChI=1S/C12H18N4S3/c1-8(2)14-12(7-13)5-4-9(6-12)18-11-16-15-10(17-3)19-11/h8-9,14H,4-6H2,1-3H3. The van der Waals surface area contributed by atoms with Gasteiger partial charge >= 0.3 is 0 Å². The highest BCUT2D eigenvalue weighted by Crippen LogP contribution is 2.41. The van der Waals surface area contributed by atoms with Crippen molar-refractivity contribution in [2.24, 2.45) is 0 Å². The van der Waals surface area contributed by atoms with E-state index in [2.05, 4.69) is 35.4 Å². The van der Waals surface area contributed by atoms with E-state index in [-0.39, 0.29) is 5.54 Å². The highest BCUT2D eigenvalue weighted by atomic mass is 32.2. The van der Waals surface area contributed by atoms with Crippen molar-refractivity contribution in [2.45, 2.75) is 58.6 Å². The van der Waals surface area contributed by atoms with Gasteiger partial charge in [-0.25, -0.2) is 0 Å². The van der Waals surface area contributed by atoms with Crippen LogP contribution < -0.4 is 5.32 Å². The summed E-state index contributed by atoms with van der Waals surface area (Å²) in [4.78, 5) is 0. The molecule has 104 valence electrons. The van der Waals surface area contributed by atoms with Gasteiger partial charge in [-0.1, -0.05) is 34.9 Å². The maximum Gasteiger partial charge on any atom is 0.175 e. The summed E-state index contributed by atoms with van der Waals surface area (Å²) in [5.74, 6) is 0. The summed E-state index contributed by atoms with van der Waals surface area (Å²) in [6, 6.07) is 2.82. The third-order valence-electron chi connectivity index (χ3n) is 3.08. The van der Waals surface area contributed by atoms with E-state index in [1.807, 2.05) is 6.26 Å². The molecular formula is C12H18N4S3. The summed E-state index contributed by atoms with van der Waals surface area (Å²) in [6.45, 7) is 4.18. The zero-order valence-electron chi connectivity index (χ0n) is 11.3. The summed E-state index contributed by atoms with van der Waals surface area (Å²) >= 11 is 5.04. The number of hydrogen-bond donors (Lipinski definition) is 1. The van der Waals surface area contributed by atoms with Crippen molar-refractivity contribution in [3.05, 3.63) is 0 Å². The zero-order chi connectivity index (χ0) is 13.9. The minimum atomic E-state index is -0.348. The van der Waals surface area contributed by atoms with Gasteiger partial charge in [-0.15, -0.1) is 10.2 Å². The van der Waals surface area contributed by atoms with Crippen molar-refractivity contribution < 1.29 is 0 Å². The molecule has 4 nitrogen and oxygen atoms in total. The van der Waals surface area contributed by atoms with E-state index in [0.717, 1.165) is 27.9 Å². The van der Waals surface area contributed by atoms with Crippen LogP contribution in [-0.4, -0.2) is 33.3 Å². The van der Waals surface area contributed by atoms with Crippen molar-refractivity contribution >= 4 is 34.9 Å². The summed E-state index contributed by atoms with van der Waals surface area (Å²) in [7, 11) is 0. The van der Waals surface area contributed by atoms with Crippen LogP contribution >= 0.6 is 34.9 Å². The molecule has 7 heteroatoms. The minimum Gasteiger partial charge on any atom is -0.297 e. The number of nitriles is 1. The first-order valence-corrected chi connectivity index (χ1v) is 9.22. The van der Waals surface area contributed by atoms with Gasteiger partial charge in [0.2, 0.25) is 0 Å². The molecule has 1 aromatic rings. The molecule has 0 saturated heterocycles. The molecule has 1 fully saturated rings. The molecule has 2 unspecified atom stereocenters. The molecule has 0 aliphatic heterocycles. The van der Waals surface area contributed by atoms with Crippen LogP contribution in [0.25, 0.3) is 0 Å². The Bertz CT molecular complexity index is 468. The maximum atomic E-state index is 9.44. The number of nitrogens with one attached hydrogen (secondary N) is 1. The summed E-state index contributed by atoms with van der Waals surface area (Å²) in [5.41, 5.74) is -0.348. The topological polar surface area (TPSA) is 61.6 Å². The van der Waals surface area contributed by atoms with Crippen molar-refractivity contribution in [1.29, 1.82) is 5.26 Å². The molecule has 0 amide bonds. The van der Waals surface area contributed by atoms with Crippen LogP contribution in [0.3, 0.4) is 0 Å². The van der Waals surface area contributed by atoms with Crippen LogP contribution in [0.2, 0.25) is 0 Å². The van der Waals surface area contributed by atoms with Crippen molar-refractivity contribution in [3.8, 4) is 6.07 Å². The first-order valence-electron chi connectivity index (χ1n) is 6.30. The largest absolute Gasteiger partial charge is 0.297 e. The fourth-order valence-corrected chi connectivity index (χ4v) is 5.37. The third-order valence-corrected chi connectivity index (χ3v) is 6.33. The monoisotopic (exact) mass is 314 g/mol. The molecule has 0 radical (unpaired) electrons. The Balaban J connectivity index is 1.96. The molecule has 0 spiro atoms. The fraction of sp³-hybridized carbons (Fsp3) is 0.750. The van der Waals surface area contributed by atoms with E-state index in [9.17, 15) is 5.26 Å². The van der Waals surface area contributed by atoms with Crippen LogP contribution in [0.15, 0.2) is 8.68 Å². The highest BCUT2D eigenvalue weighted by molar-refractivity contribution is 8.03. The highest BCUT2D eigenvalue weighted by Gasteiger charge is 2.40. The predicted octanol–water partition coefficient (Wildman–Crippen LogP) is 3.16. The first-order chi connectivity index (χ1) is 9.07. The van der Waals surface area contributed by atoms with Crippen LogP contribution in [-0.2, 0) is 0 Å². The summed E-state index contributed by atoms with van der Waals surface area (Å²) in [5, 5.41) is 21.6. The molecule has 1 aliphatic carbocycles. The zero-order valence-corrected chi connectivity index (χ0v) is 13.8. The molecule has 1 heterocycles. The second-order valence-corrected chi connectivity index (χ2v) is 8.59. The lowest BCUT2D eigenvalue weighted by Gasteiger charge is -2.25. The average molecular weight is 315 g/mol. The Kier molecular flexibility index (Phi) is 5.12. The maximum absolute atomic E-state index is 9.44. The molecule has 0 bridgehead atoms. The van der Waals surface area contributed by atoms with E-state index in [1.165, 1.54) is 0 Å². The summed E-state index contributed by atoms with van der Waals surface area (Å²) < 4.78 is 2.03. The number of rotatable bonds is 5. The normalized spacial score (nSPS) is 26.8. The van der Waals surface area contributed by atoms with E-state index in [4.69, 9.17) is 0 Å². The van der Waals surface area contributed by atoms with Crippen molar-refractivity contribution in [2.75, 3.05) is 6.26 Å². The van der Waals surface area contributed by atoms with Crippen molar-refractivity contribution in [3.63, 3.8) is 0 Å². The predicted molar refractivity (Wildman–Crippen MR) is 81.8 cm³/mol. The van der Waals surface area contributed by atoms with Gasteiger partial charge in [-0.05, 0) is 39.4 Å². The Labute approximate surface area is 126 Å². The lowest BCUT2D eigenvalue weighted by molar-refractivity contribution is 0.386. The van der Waals surface area contributed by atoms with Gasteiger partial charge in [0.15, 0.2) is 8.68 Å². The average Bonchev–Trinajstić information content (AvgIpc) is 2.97. The van der Waals surface area contributed by atoms with Gasteiger partial charge in [0.1, 0.15) is 5.54 Å². The Hall–Kier alpha value is -0.290. The quantitative estimate of drug-likeness (QED) is 0.842. The smallest absolute Gasteiger partial charge is 0.175 e. The fourth-order valence-electron chi connectivity index (χ4n) is 2.39. The van der Waals surface area contributed by atoms with Gasteiger partial charge in [-0.3, -0.25) is 5.32 Å². The van der Waals surface area contributed by atoms with Gasteiger partial charge in [-0.2, -0.15) is 5.26 Å². The van der Waals surface area contributed by atoms with E-state index in [0.29, 0.717) is 11.3 Å². The SMILES string of the molecule is CSc1nnc(SC2CCC(C#N)(NC(C)C)C2)s1. The van der Waals surface area contributed by atoms with Crippen LogP contribution in [0, 0.1) is 11.3 Å². The molecule has 1 aliphatic rings. The van der Waals surface area contributed by atoms with Crippen LogP contribution in [0.1, 0.15) is 33.1 Å². The molecule has 2 atom stereocenters. The minimum absolute atomic E-state index is 0.341. The Morgan fingerprint density at radius 2 is 2.21 bits per heavy atom. The van der Waals surface area contributed by atoms with Crippen LogP contribution in [0.4, 0.5) is 0 Å². The van der Waals surface area contributed by atoms with Crippen molar-refractivity contribution in [1.82, 2.24) is 15.5 Å². The molecule has 0 aromatic carbocycles. The van der Waals surface area contributed by atoms with Gasteiger partial charge in [0.05, 0.1) is 6.07 Å². The van der Waals surface area contributed by atoms with Gasteiger partial charge < -0.3 is 0 Å². The number of nitrogens with zero attached hydrogens (tertiary/aromatic N) is 3. The molecule has 2 rings (SSSR count). The second kappa shape index (κ2) is 6.44. The molecule has 19 heavy (non-hydrogen) atoms. The number of hydrogen-bond acceptors (Lipinski definition) is 7.